The molecule has 9 nitrogen and oxygen atoms in total. The van der Waals surface area contributed by atoms with E-state index in [9.17, 15) is 9.18 Å². The molecule has 37 heavy (non-hydrogen) atoms. The normalized spacial score (nSPS) is 21.9. The molecule has 0 radical (unpaired) electrons. The standard InChI is InChI=1S/C26H36ClFN4O5/c1-16(17(2)37-14-18-5-6-20(27)21(28)13-18)24(31-26(29)35-4)25(33)32-10-7-19(8-11-32)30-22-9-12-36-15-23(22)34-3/h5-6,13,19,22-23,30H,2,7-12,14-15H2,1,3-4H3,(H2,29,31)/b24-16-/t22-,23?/m0/s1. The molecule has 0 spiro atoms. The Kier molecular flexibility index (Phi) is 10.7. The highest BCUT2D eigenvalue weighted by Crippen LogP contribution is 2.23. The van der Waals surface area contributed by atoms with Crippen LogP contribution in [0.25, 0.3) is 0 Å². The number of halogens is 2. The SMILES string of the molecule is C=C(OCc1ccc(Cl)c(F)c1)/C(C)=C(\N=C(/N)OC)C(=O)N1CCC(N[C@H]2CCOCC2OC)CC1. The molecule has 2 atom stereocenters. The van der Waals surface area contributed by atoms with Crippen molar-refractivity contribution >= 4 is 23.5 Å². The number of rotatable bonds is 9. The molecule has 2 aliphatic heterocycles. The zero-order chi connectivity index (χ0) is 26.9. The van der Waals surface area contributed by atoms with Crippen molar-refractivity contribution in [3.63, 3.8) is 0 Å². The fourth-order valence-electron chi connectivity index (χ4n) is 4.32. The van der Waals surface area contributed by atoms with Crippen LogP contribution in [0.1, 0.15) is 31.7 Å². The van der Waals surface area contributed by atoms with Gasteiger partial charge in [-0.25, -0.2) is 4.39 Å². The maximum atomic E-state index is 13.7. The van der Waals surface area contributed by atoms with Crippen LogP contribution in [-0.2, 0) is 30.3 Å². The van der Waals surface area contributed by atoms with Crippen LogP contribution >= 0.6 is 11.6 Å². The molecule has 2 fully saturated rings. The third-order valence-electron chi connectivity index (χ3n) is 6.64. The summed E-state index contributed by atoms with van der Waals surface area (Å²) in [6, 6.07) is 4.73. The van der Waals surface area contributed by atoms with Crippen LogP contribution < -0.4 is 11.1 Å². The van der Waals surface area contributed by atoms with Crippen molar-refractivity contribution in [1.29, 1.82) is 0 Å². The first-order chi connectivity index (χ1) is 17.7. The number of allylic oxidation sites excluding steroid dienone is 1. The van der Waals surface area contributed by atoms with Gasteiger partial charge in [-0.15, -0.1) is 0 Å². The Balaban J connectivity index is 1.65. The first-order valence-corrected chi connectivity index (χ1v) is 12.6. The lowest BCUT2D eigenvalue weighted by Gasteiger charge is -2.38. The van der Waals surface area contributed by atoms with E-state index in [2.05, 4.69) is 16.9 Å². The van der Waals surface area contributed by atoms with E-state index in [0.29, 0.717) is 37.4 Å². The number of methoxy groups -OCH3 is 2. The number of likely N-dealkylation sites (tertiary alicyclic amines) is 1. The Morgan fingerprint density at radius 3 is 2.70 bits per heavy atom. The van der Waals surface area contributed by atoms with E-state index in [1.807, 2.05) is 0 Å². The summed E-state index contributed by atoms with van der Waals surface area (Å²) >= 11 is 5.74. The minimum absolute atomic E-state index is 0.0207. The molecule has 3 rings (SSSR count). The fourth-order valence-corrected chi connectivity index (χ4v) is 4.44. The number of ether oxygens (including phenoxy) is 4. The smallest absolute Gasteiger partial charge is 0.287 e. The van der Waals surface area contributed by atoms with Crippen LogP contribution in [0.4, 0.5) is 4.39 Å². The molecule has 0 bridgehead atoms. The van der Waals surface area contributed by atoms with Gasteiger partial charge in [-0.3, -0.25) is 4.79 Å². The van der Waals surface area contributed by atoms with Gasteiger partial charge in [-0.05, 0) is 43.9 Å². The molecular formula is C26H36ClFN4O5. The molecule has 204 valence electrons. The van der Waals surface area contributed by atoms with Gasteiger partial charge in [0.15, 0.2) is 0 Å². The van der Waals surface area contributed by atoms with Crippen LogP contribution in [0.2, 0.25) is 5.02 Å². The van der Waals surface area contributed by atoms with Crippen molar-refractivity contribution < 1.29 is 28.1 Å². The van der Waals surface area contributed by atoms with Crippen LogP contribution in [0, 0.1) is 5.82 Å². The van der Waals surface area contributed by atoms with Crippen LogP contribution in [0.5, 0.6) is 0 Å². The van der Waals surface area contributed by atoms with Gasteiger partial charge in [0, 0.05) is 44.5 Å². The molecule has 1 amide bonds. The summed E-state index contributed by atoms with van der Waals surface area (Å²) in [4.78, 5) is 19.4. The summed E-state index contributed by atoms with van der Waals surface area (Å²) < 4.78 is 35.5. The topological polar surface area (TPSA) is 108 Å². The van der Waals surface area contributed by atoms with E-state index < -0.39 is 5.82 Å². The minimum atomic E-state index is -0.540. The second kappa shape index (κ2) is 13.8. The summed E-state index contributed by atoms with van der Waals surface area (Å²) in [5.41, 5.74) is 6.85. The van der Waals surface area contributed by atoms with E-state index >= 15 is 0 Å². The highest BCUT2D eigenvalue weighted by molar-refractivity contribution is 6.30. The van der Waals surface area contributed by atoms with E-state index in [1.165, 1.54) is 19.2 Å². The van der Waals surface area contributed by atoms with Gasteiger partial charge in [0.25, 0.3) is 11.9 Å². The first-order valence-electron chi connectivity index (χ1n) is 12.2. The van der Waals surface area contributed by atoms with Gasteiger partial charge in [0.1, 0.15) is 23.9 Å². The molecule has 0 saturated carbocycles. The van der Waals surface area contributed by atoms with Gasteiger partial charge in [0.05, 0.1) is 24.8 Å². The molecule has 11 heteroatoms. The van der Waals surface area contributed by atoms with Crippen molar-refractivity contribution in [1.82, 2.24) is 10.2 Å². The maximum absolute atomic E-state index is 13.7. The molecule has 3 N–H and O–H groups in total. The lowest BCUT2D eigenvalue weighted by Crippen LogP contribution is -2.54. The van der Waals surface area contributed by atoms with Crippen molar-refractivity contribution in [3.8, 4) is 0 Å². The number of amides is 1. The van der Waals surface area contributed by atoms with Gasteiger partial charge in [0.2, 0.25) is 0 Å². The van der Waals surface area contributed by atoms with E-state index in [0.717, 1.165) is 19.3 Å². The number of carbonyl (C=O) groups is 1. The Hall–Kier alpha value is -2.66. The Labute approximate surface area is 222 Å². The van der Waals surface area contributed by atoms with Gasteiger partial charge in [-0.2, -0.15) is 4.99 Å². The number of hydrogen-bond donors (Lipinski definition) is 2. The molecule has 1 aromatic carbocycles. The molecule has 1 unspecified atom stereocenters. The van der Waals surface area contributed by atoms with Crippen LogP contribution in [-0.4, -0.2) is 75.5 Å². The number of aliphatic imine (C=N–C) groups is 1. The highest BCUT2D eigenvalue weighted by atomic mass is 35.5. The number of benzene rings is 1. The summed E-state index contributed by atoms with van der Waals surface area (Å²) in [7, 11) is 3.07. The molecular weight excluding hydrogens is 503 g/mol. The number of nitrogens with zero attached hydrogens (tertiary/aromatic N) is 2. The molecule has 1 aromatic rings. The predicted octanol–water partition coefficient (Wildman–Crippen LogP) is 3.13. The summed E-state index contributed by atoms with van der Waals surface area (Å²) in [6.45, 7) is 8.04. The second-order valence-corrected chi connectivity index (χ2v) is 9.47. The fraction of sp³-hybridized carbons (Fsp3) is 0.538. The Morgan fingerprint density at radius 1 is 1.32 bits per heavy atom. The Bertz CT molecular complexity index is 1030. The molecule has 2 aliphatic rings. The number of nitrogens with one attached hydrogen (secondary N) is 1. The second-order valence-electron chi connectivity index (χ2n) is 9.07. The molecule has 0 aromatic heterocycles. The van der Waals surface area contributed by atoms with Crippen LogP contribution in [0.3, 0.4) is 0 Å². The zero-order valence-electron chi connectivity index (χ0n) is 21.6. The van der Waals surface area contributed by atoms with Gasteiger partial charge < -0.3 is 34.9 Å². The Morgan fingerprint density at radius 2 is 2.05 bits per heavy atom. The number of amidine groups is 1. The number of nitrogens with two attached hydrogens (primary N) is 1. The van der Waals surface area contributed by atoms with Crippen molar-refractivity contribution in [3.05, 3.63) is 58.2 Å². The van der Waals surface area contributed by atoms with Crippen molar-refractivity contribution in [2.45, 2.75) is 51.0 Å². The number of piperidine rings is 1. The number of carbonyl (C=O) groups excluding carboxylic acids is 1. The average Bonchev–Trinajstić information content (AvgIpc) is 2.92. The lowest BCUT2D eigenvalue weighted by molar-refractivity contribution is -0.128. The van der Waals surface area contributed by atoms with E-state index in [4.69, 9.17) is 36.3 Å². The molecule has 2 saturated heterocycles. The maximum Gasteiger partial charge on any atom is 0.287 e. The van der Waals surface area contributed by atoms with E-state index in [-0.39, 0.29) is 53.2 Å². The summed E-state index contributed by atoms with van der Waals surface area (Å²) in [5, 5.41) is 3.71. The number of hydrogen-bond acceptors (Lipinski definition) is 7. The lowest BCUT2D eigenvalue weighted by atomic mass is 9.99. The quantitative estimate of drug-likeness (QED) is 0.163. The highest BCUT2D eigenvalue weighted by Gasteiger charge is 2.31. The molecule has 0 aliphatic carbocycles. The third kappa shape index (κ3) is 7.91. The predicted molar refractivity (Wildman–Crippen MR) is 139 cm³/mol. The van der Waals surface area contributed by atoms with E-state index in [1.54, 1.807) is 25.0 Å². The van der Waals surface area contributed by atoms with Crippen molar-refractivity contribution in [2.75, 3.05) is 40.5 Å². The summed E-state index contributed by atoms with van der Waals surface area (Å²) in [6.07, 6.45) is 2.48. The van der Waals surface area contributed by atoms with Gasteiger partial charge >= 0.3 is 0 Å². The first kappa shape index (κ1) is 28.9. The van der Waals surface area contributed by atoms with Crippen LogP contribution in [0.15, 0.2) is 46.8 Å². The van der Waals surface area contributed by atoms with Crippen molar-refractivity contribution in [2.24, 2.45) is 10.7 Å². The third-order valence-corrected chi connectivity index (χ3v) is 6.95. The summed E-state index contributed by atoms with van der Waals surface area (Å²) in [5.74, 6) is -0.617. The zero-order valence-corrected chi connectivity index (χ0v) is 22.4. The minimum Gasteiger partial charge on any atom is -0.489 e. The average molecular weight is 539 g/mol. The van der Waals surface area contributed by atoms with Gasteiger partial charge in [-0.1, -0.05) is 24.2 Å². The monoisotopic (exact) mass is 538 g/mol. The molecule has 2 heterocycles. The largest absolute Gasteiger partial charge is 0.489 e.